The van der Waals surface area contributed by atoms with Crippen LogP contribution in [0.5, 0.6) is 0 Å². The highest BCUT2D eigenvalue weighted by atomic mass is 79.9. The van der Waals surface area contributed by atoms with E-state index in [2.05, 4.69) is 27.3 Å². The lowest BCUT2D eigenvalue weighted by atomic mass is 9.98. The number of carbonyl (C=O) groups excluding carboxylic acids is 1. The number of anilines is 1. The molecule has 0 aromatic heterocycles. The number of halogens is 2. The Morgan fingerprint density at radius 1 is 1.31 bits per heavy atom. The van der Waals surface area contributed by atoms with Crippen molar-refractivity contribution in [2.24, 2.45) is 0 Å². The van der Waals surface area contributed by atoms with Gasteiger partial charge in [0.25, 0.3) is 5.91 Å². The third-order valence-corrected chi connectivity index (χ3v) is 6.38. The van der Waals surface area contributed by atoms with E-state index < -0.39 is 0 Å². The van der Waals surface area contributed by atoms with Crippen LogP contribution in [0, 0.1) is 12.7 Å². The SMILES string of the molecule is Cc1ccc(CN(CC2CCCO2)C(=O)c2cc(F)cc3c2NCCC3)c(Br)c1. The van der Waals surface area contributed by atoms with Crippen LogP contribution in [0.4, 0.5) is 10.1 Å². The van der Waals surface area contributed by atoms with Gasteiger partial charge < -0.3 is 15.0 Å². The van der Waals surface area contributed by atoms with Crippen molar-refractivity contribution in [3.63, 3.8) is 0 Å². The van der Waals surface area contributed by atoms with Crippen molar-refractivity contribution in [3.05, 3.63) is 62.9 Å². The van der Waals surface area contributed by atoms with Gasteiger partial charge in [-0.1, -0.05) is 28.1 Å². The van der Waals surface area contributed by atoms with Gasteiger partial charge in [0, 0.05) is 30.7 Å². The van der Waals surface area contributed by atoms with Crippen molar-refractivity contribution in [2.45, 2.75) is 45.3 Å². The van der Waals surface area contributed by atoms with Crippen molar-refractivity contribution in [1.29, 1.82) is 0 Å². The molecule has 2 aromatic carbocycles. The maximum absolute atomic E-state index is 14.3. The molecule has 0 bridgehead atoms. The largest absolute Gasteiger partial charge is 0.384 e. The summed E-state index contributed by atoms with van der Waals surface area (Å²) in [6.45, 7) is 4.52. The first-order valence-corrected chi connectivity index (χ1v) is 11.0. The lowest BCUT2D eigenvalue weighted by Crippen LogP contribution is -2.37. The zero-order chi connectivity index (χ0) is 20.4. The van der Waals surface area contributed by atoms with Crippen LogP contribution in [0.25, 0.3) is 0 Å². The Kier molecular flexibility index (Phi) is 6.20. The Balaban J connectivity index is 1.66. The lowest BCUT2D eigenvalue weighted by Gasteiger charge is -2.29. The van der Waals surface area contributed by atoms with Crippen molar-refractivity contribution in [1.82, 2.24) is 4.90 Å². The molecule has 1 atom stereocenters. The Morgan fingerprint density at radius 3 is 2.93 bits per heavy atom. The number of hydrogen-bond acceptors (Lipinski definition) is 3. The molecule has 0 saturated carbocycles. The second-order valence-electron chi connectivity index (χ2n) is 7.93. The summed E-state index contributed by atoms with van der Waals surface area (Å²) in [5, 5.41) is 3.32. The first-order chi connectivity index (χ1) is 14.0. The molecule has 2 heterocycles. The van der Waals surface area contributed by atoms with Gasteiger partial charge in [-0.3, -0.25) is 4.79 Å². The molecule has 6 heteroatoms. The number of ether oxygens (including phenoxy) is 1. The number of amides is 1. The van der Waals surface area contributed by atoms with E-state index in [4.69, 9.17) is 4.74 Å². The molecule has 29 heavy (non-hydrogen) atoms. The standard InChI is InChI=1S/C23H26BrFN2O2/c1-15-6-7-17(21(24)10-15)13-27(14-19-5-3-9-29-19)23(28)20-12-18(25)11-16-4-2-8-26-22(16)20/h6-7,10-12,19,26H,2-5,8-9,13-14H2,1H3. The second-order valence-corrected chi connectivity index (χ2v) is 8.79. The Labute approximate surface area is 179 Å². The molecule has 1 unspecified atom stereocenters. The molecule has 2 aliphatic rings. The van der Waals surface area contributed by atoms with Crippen LogP contribution in [0.15, 0.2) is 34.8 Å². The summed E-state index contributed by atoms with van der Waals surface area (Å²) in [4.78, 5) is 15.4. The van der Waals surface area contributed by atoms with Gasteiger partial charge in [0.15, 0.2) is 0 Å². The van der Waals surface area contributed by atoms with Crippen LogP contribution in [-0.2, 0) is 17.7 Å². The molecule has 1 amide bonds. The van der Waals surface area contributed by atoms with Crippen molar-refractivity contribution >= 4 is 27.5 Å². The van der Waals surface area contributed by atoms with E-state index in [0.29, 0.717) is 18.7 Å². The summed E-state index contributed by atoms with van der Waals surface area (Å²) in [5.41, 5.74) is 4.26. The van der Waals surface area contributed by atoms with Gasteiger partial charge >= 0.3 is 0 Å². The second kappa shape index (κ2) is 8.84. The molecule has 0 aliphatic carbocycles. The van der Waals surface area contributed by atoms with Gasteiger partial charge in [-0.2, -0.15) is 0 Å². The van der Waals surface area contributed by atoms with Gasteiger partial charge in [0.05, 0.1) is 17.4 Å². The highest BCUT2D eigenvalue weighted by Gasteiger charge is 2.27. The normalized spacial score (nSPS) is 18.2. The molecule has 154 valence electrons. The summed E-state index contributed by atoms with van der Waals surface area (Å²) >= 11 is 3.62. The molecule has 4 nitrogen and oxygen atoms in total. The van der Waals surface area contributed by atoms with E-state index in [-0.39, 0.29) is 17.8 Å². The van der Waals surface area contributed by atoms with Crippen LogP contribution in [0.2, 0.25) is 0 Å². The summed E-state index contributed by atoms with van der Waals surface area (Å²) in [6, 6.07) is 9.04. The molecule has 1 fully saturated rings. The maximum Gasteiger partial charge on any atom is 0.256 e. The number of carbonyl (C=O) groups is 1. The molecule has 4 rings (SSSR count). The fraction of sp³-hybridized carbons (Fsp3) is 0.435. The van der Waals surface area contributed by atoms with E-state index in [9.17, 15) is 9.18 Å². The zero-order valence-corrected chi connectivity index (χ0v) is 18.2. The number of benzene rings is 2. The van der Waals surface area contributed by atoms with Gasteiger partial charge in [0.1, 0.15) is 5.82 Å². The van der Waals surface area contributed by atoms with Gasteiger partial charge in [-0.05, 0) is 67.5 Å². The lowest BCUT2D eigenvalue weighted by molar-refractivity contribution is 0.0507. The van der Waals surface area contributed by atoms with Gasteiger partial charge in [0.2, 0.25) is 0 Å². The number of nitrogens with zero attached hydrogens (tertiary/aromatic N) is 1. The Morgan fingerprint density at radius 2 is 2.17 bits per heavy atom. The third kappa shape index (κ3) is 4.64. The topological polar surface area (TPSA) is 41.6 Å². The van der Waals surface area contributed by atoms with E-state index in [1.54, 1.807) is 11.0 Å². The van der Waals surface area contributed by atoms with Crippen molar-refractivity contribution in [2.75, 3.05) is 25.0 Å². The van der Waals surface area contributed by atoms with E-state index in [1.807, 2.05) is 19.1 Å². The quantitative estimate of drug-likeness (QED) is 0.676. The molecular formula is C23H26BrFN2O2. The van der Waals surface area contributed by atoms with E-state index in [1.165, 1.54) is 6.07 Å². The smallest absolute Gasteiger partial charge is 0.256 e. The van der Waals surface area contributed by atoms with Crippen molar-refractivity contribution in [3.8, 4) is 0 Å². The van der Waals surface area contributed by atoms with E-state index >= 15 is 0 Å². The minimum Gasteiger partial charge on any atom is -0.384 e. The van der Waals surface area contributed by atoms with Crippen molar-refractivity contribution < 1.29 is 13.9 Å². The Hall–Kier alpha value is -1.92. The molecule has 2 aliphatic heterocycles. The van der Waals surface area contributed by atoms with Crippen LogP contribution in [0.1, 0.15) is 46.3 Å². The third-order valence-electron chi connectivity index (χ3n) is 5.64. The number of nitrogens with one attached hydrogen (secondary N) is 1. The van der Waals surface area contributed by atoms with Gasteiger partial charge in [-0.15, -0.1) is 0 Å². The number of aryl methyl sites for hydroxylation is 2. The summed E-state index contributed by atoms with van der Waals surface area (Å²) in [6.07, 6.45) is 3.71. The number of rotatable bonds is 5. The maximum atomic E-state index is 14.3. The first kappa shape index (κ1) is 20.4. The highest BCUT2D eigenvalue weighted by Crippen LogP contribution is 2.30. The number of fused-ring (bicyclic) bond motifs is 1. The fourth-order valence-electron chi connectivity index (χ4n) is 4.14. The fourth-order valence-corrected chi connectivity index (χ4v) is 4.76. The van der Waals surface area contributed by atoms with Crippen LogP contribution < -0.4 is 5.32 Å². The molecule has 1 N–H and O–H groups in total. The zero-order valence-electron chi connectivity index (χ0n) is 16.6. The summed E-state index contributed by atoms with van der Waals surface area (Å²) in [5.74, 6) is -0.512. The summed E-state index contributed by atoms with van der Waals surface area (Å²) in [7, 11) is 0. The molecule has 0 spiro atoms. The van der Waals surface area contributed by atoms with Gasteiger partial charge in [-0.25, -0.2) is 4.39 Å². The van der Waals surface area contributed by atoms with Crippen LogP contribution in [0.3, 0.4) is 0 Å². The van der Waals surface area contributed by atoms with Crippen LogP contribution >= 0.6 is 15.9 Å². The van der Waals surface area contributed by atoms with Crippen LogP contribution in [-0.4, -0.2) is 36.6 Å². The average Bonchev–Trinajstić information content (AvgIpc) is 3.21. The minimum absolute atomic E-state index is 0.0283. The predicted octanol–water partition coefficient (Wildman–Crippen LogP) is 5.08. The predicted molar refractivity (Wildman–Crippen MR) is 116 cm³/mol. The Bertz CT molecular complexity index is 912. The molecule has 0 radical (unpaired) electrons. The molecular weight excluding hydrogens is 435 g/mol. The monoisotopic (exact) mass is 460 g/mol. The summed E-state index contributed by atoms with van der Waals surface area (Å²) < 4.78 is 21.1. The molecule has 1 saturated heterocycles. The highest BCUT2D eigenvalue weighted by molar-refractivity contribution is 9.10. The molecule has 2 aromatic rings. The van der Waals surface area contributed by atoms with E-state index in [0.717, 1.165) is 65.7 Å². The first-order valence-electron chi connectivity index (χ1n) is 10.2. The number of hydrogen-bond donors (Lipinski definition) is 1. The average molecular weight is 461 g/mol. The minimum atomic E-state index is -0.357.